The molecule has 0 heteroatoms. The first-order chi connectivity index (χ1) is 7.24. The number of hydrogen-bond acceptors (Lipinski definition) is 0. The number of rotatable bonds is 0. The van der Waals surface area contributed by atoms with Crippen LogP contribution in [0.2, 0.25) is 0 Å². The van der Waals surface area contributed by atoms with E-state index in [1.54, 1.807) is 38.5 Å². The average molecular weight is 200 g/mol. The van der Waals surface area contributed by atoms with Crippen LogP contribution in [0.15, 0.2) is 0 Å². The summed E-state index contributed by atoms with van der Waals surface area (Å²) in [6.45, 7) is 2.74. The minimum absolute atomic E-state index is 0.866. The molecule has 0 nitrogen and oxygen atoms in total. The Morgan fingerprint density at radius 3 is 2.87 bits per heavy atom. The highest BCUT2D eigenvalue weighted by Crippen LogP contribution is 3.00. The van der Waals surface area contributed by atoms with Gasteiger partial charge >= 0.3 is 0 Å². The van der Waals surface area contributed by atoms with Crippen LogP contribution >= 0.6 is 0 Å². The molecule has 8 atom stereocenters. The molecule has 5 bridgehead atoms. The van der Waals surface area contributed by atoms with E-state index in [-0.39, 0.29) is 0 Å². The molecular formula is C15H20. The third kappa shape index (κ3) is 0.368. The maximum absolute atomic E-state index is 2.74. The van der Waals surface area contributed by atoms with Gasteiger partial charge in [0, 0.05) is 0 Å². The van der Waals surface area contributed by atoms with Crippen molar-refractivity contribution in [1.82, 2.24) is 0 Å². The zero-order valence-corrected chi connectivity index (χ0v) is 9.63. The van der Waals surface area contributed by atoms with E-state index in [1.165, 1.54) is 29.6 Å². The van der Waals surface area contributed by atoms with Crippen molar-refractivity contribution >= 4 is 0 Å². The van der Waals surface area contributed by atoms with E-state index in [2.05, 4.69) is 6.92 Å². The molecule has 0 N–H and O–H groups in total. The first-order valence-electron chi connectivity index (χ1n) is 7.24. The predicted octanol–water partition coefficient (Wildman–Crippen LogP) is 3.47. The van der Waals surface area contributed by atoms with Gasteiger partial charge in [-0.2, -0.15) is 0 Å². The smallest absolute Gasteiger partial charge is 0.0170 e. The van der Waals surface area contributed by atoms with Gasteiger partial charge in [-0.05, 0) is 84.4 Å². The second-order valence-electron chi connectivity index (χ2n) is 8.10. The van der Waals surface area contributed by atoms with E-state index in [0.29, 0.717) is 0 Å². The van der Waals surface area contributed by atoms with E-state index in [0.717, 1.165) is 16.2 Å². The van der Waals surface area contributed by atoms with Crippen LogP contribution < -0.4 is 0 Å². The van der Waals surface area contributed by atoms with Crippen LogP contribution in [0.4, 0.5) is 0 Å². The summed E-state index contributed by atoms with van der Waals surface area (Å²) in [5.74, 6) is 6.02. The standard InChI is InChI=1S/C15H20/c1-13-9-4-10-11-3-2-8-6-14(13,12(10)5-9)7-15(8,11)13/h8-12H,2-7H2,1H3. The third-order valence-electron chi connectivity index (χ3n) is 9.09. The van der Waals surface area contributed by atoms with Crippen molar-refractivity contribution in [3.8, 4) is 0 Å². The molecule has 0 heterocycles. The maximum atomic E-state index is 2.74. The Kier molecular flexibility index (Phi) is 0.762. The Labute approximate surface area is 91.8 Å². The fourth-order valence-corrected chi connectivity index (χ4v) is 9.21. The minimum Gasteiger partial charge on any atom is -0.0583 e. The molecule has 0 amide bonds. The van der Waals surface area contributed by atoms with Crippen molar-refractivity contribution in [2.24, 2.45) is 45.8 Å². The summed E-state index contributed by atoms with van der Waals surface area (Å²) in [6, 6.07) is 0. The fraction of sp³-hybridized carbons (Fsp3) is 1.00. The van der Waals surface area contributed by atoms with E-state index >= 15 is 0 Å². The summed E-state index contributed by atoms with van der Waals surface area (Å²) in [6.07, 6.45) is 9.94. The second-order valence-corrected chi connectivity index (χ2v) is 8.10. The SMILES string of the molecule is CC12C3CC4C(C3)C13CC1CCC4C12C3. The first kappa shape index (κ1) is 7.35. The zero-order valence-electron chi connectivity index (χ0n) is 9.63. The summed E-state index contributed by atoms with van der Waals surface area (Å²) in [4.78, 5) is 0. The summed E-state index contributed by atoms with van der Waals surface area (Å²) in [5, 5.41) is 0. The molecule has 15 heavy (non-hydrogen) atoms. The average Bonchev–Trinajstić information content (AvgIpc) is 2.85. The maximum Gasteiger partial charge on any atom is -0.0170 e. The van der Waals surface area contributed by atoms with Crippen molar-refractivity contribution < 1.29 is 0 Å². The van der Waals surface area contributed by atoms with Gasteiger partial charge in [0.1, 0.15) is 0 Å². The molecule has 0 aromatic carbocycles. The van der Waals surface area contributed by atoms with Crippen LogP contribution in [0.5, 0.6) is 0 Å². The lowest BCUT2D eigenvalue weighted by molar-refractivity contribution is -0.282. The number of hydrogen-bond donors (Lipinski definition) is 0. The lowest BCUT2D eigenvalue weighted by Crippen LogP contribution is -2.70. The highest BCUT2D eigenvalue weighted by Gasteiger charge is 2.93. The van der Waals surface area contributed by atoms with Gasteiger partial charge < -0.3 is 0 Å². The van der Waals surface area contributed by atoms with Crippen LogP contribution in [0.1, 0.15) is 45.4 Å². The molecule has 80 valence electrons. The molecule has 7 aliphatic carbocycles. The molecule has 0 saturated heterocycles. The largest absolute Gasteiger partial charge is 0.0583 e. The molecule has 2 spiro atoms. The molecular weight excluding hydrogens is 180 g/mol. The summed E-state index contributed by atoms with van der Waals surface area (Å²) < 4.78 is 0. The van der Waals surface area contributed by atoms with Crippen LogP contribution in [0.25, 0.3) is 0 Å². The van der Waals surface area contributed by atoms with Crippen LogP contribution in [0.3, 0.4) is 0 Å². The first-order valence-corrected chi connectivity index (χ1v) is 7.24. The molecule has 0 radical (unpaired) electrons. The van der Waals surface area contributed by atoms with Gasteiger partial charge in [0.25, 0.3) is 0 Å². The van der Waals surface area contributed by atoms with Gasteiger partial charge in [-0.1, -0.05) is 6.92 Å². The van der Waals surface area contributed by atoms with E-state index in [9.17, 15) is 0 Å². The van der Waals surface area contributed by atoms with Crippen LogP contribution in [-0.4, -0.2) is 0 Å². The van der Waals surface area contributed by atoms with Gasteiger partial charge in [-0.3, -0.25) is 0 Å². The molecule has 0 aromatic heterocycles. The van der Waals surface area contributed by atoms with Crippen molar-refractivity contribution in [2.45, 2.75) is 45.4 Å². The third-order valence-corrected chi connectivity index (χ3v) is 9.09. The second kappa shape index (κ2) is 1.56. The Morgan fingerprint density at radius 1 is 1.00 bits per heavy atom. The molecule has 7 fully saturated rings. The van der Waals surface area contributed by atoms with E-state index in [4.69, 9.17) is 0 Å². The monoisotopic (exact) mass is 200 g/mol. The van der Waals surface area contributed by atoms with Crippen LogP contribution in [0, 0.1) is 45.8 Å². The molecule has 7 aliphatic rings. The molecule has 7 rings (SSSR count). The minimum atomic E-state index is 0.866. The van der Waals surface area contributed by atoms with Crippen molar-refractivity contribution in [3.05, 3.63) is 0 Å². The fourth-order valence-electron chi connectivity index (χ4n) is 9.21. The Bertz CT molecular complexity index is 406. The van der Waals surface area contributed by atoms with Gasteiger partial charge in [-0.25, -0.2) is 0 Å². The van der Waals surface area contributed by atoms with Crippen molar-refractivity contribution in [2.75, 3.05) is 0 Å². The highest BCUT2D eigenvalue weighted by atomic mass is 15.0. The lowest BCUT2D eigenvalue weighted by atomic mass is 9.28. The Morgan fingerprint density at radius 2 is 1.93 bits per heavy atom. The highest BCUT2D eigenvalue weighted by molar-refractivity contribution is 5.41. The lowest BCUT2D eigenvalue weighted by Gasteiger charge is -2.75. The van der Waals surface area contributed by atoms with Gasteiger partial charge in [-0.15, -0.1) is 0 Å². The van der Waals surface area contributed by atoms with Crippen molar-refractivity contribution in [3.63, 3.8) is 0 Å². The summed E-state index contributed by atoms with van der Waals surface area (Å²) >= 11 is 0. The molecule has 7 saturated carbocycles. The van der Waals surface area contributed by atoms with Gasteiger partial charge in [0.05, 0.1) is 0 Å². The Hall–Kier alpha value is 0. The van der Waals surface area contributed by atoms with Crippen LogP contribution in [-0.2, 0) is 0 Å². The molecule has 8 unspecified atom stereocenters. The zero-order chi connectivity index (χ0) is 9.63. The summed E-state index contributed by atoms with van der Waals surface area (Å²) in [5.41, 5.74) is 2.71. The van der Waals surface area contributed by atoms with Gasteiger partial charge in [0.15, 0.2) is 0 Å². The Balaban J connectivity index is 1.79. The normalized spacial score (nSPS) is 84.2. The predicted molar refractivity (Wildman–Crippen MR) is 58.1 cm³/mol. The molecule has 0 aromatic rings. The van der Waals surface area contributed by atoms with Crippen molar-refractivity contribution in [1.29, 1.82) is 0 Å². The van der Waals surface area contributed by atoms with E-state index in [1.807, 2.05) is 0 Å². The number of fused-ring (bicyclic) bond motifs is 2. The topological polar surface area (TPSA) is 0 Å². The van der Waals surface area contributed by atoms with E-state index < -0.39 is 0 Å². The molecule has 0 aliphatic heterocycles. The van der Waals surface area contributed by atoms with Gasteiger partial charge in [0.2, 0.25) is 0 Å². The summed E-state index contributed by atoms with van der Waals surface area (Å²) in [7, 11) is 0. The quantitative estimate of drug-likeness (QED) is 0.561.